The summed E-state index contributed by atoms with van der Waals surface area (Å²) in [6, 6.07) is 16.9. The molecule has 0 bridgehead atoms. The van der Waals surface area contributed by atoms with E-state index < -0.39 is 11.3 Å². The van der Waals surface area contributed by atoms with Crippen LogP contribution in [0.3, 0.4) is 0 Å². The molecule has 0 saturated heterocycles. The Balaban J connectivity index is 1.89. The van der Waals surface area contributed by atoms with Crippen molar-refractivity contribution in [1.82, 2.24) is 0 Å². The summed E-state index contributed by atoms with van der Waals surface area (Å²) < 4.78 is 0.899. The first-order chi connectivity index (χ1) is 15.2. The molecule has 1 unspecified atom stereocenters. The summed E-state index contributed by atoms with van der Waals surface area (Å²) in [6.07, 6.45) is 0.830. The zero-order valence-electron chi connectivity index (χ0n) is 17.7. The van der Waals surface area contributed by atoms with Gasteiger partial charge in [-0.3, -0.25) is 14.5 Å². The number of rotatable bonds is 1. The van der Waals surface area contributed by atoms with E-state index in [1.54, 1.807) is 17.0 Å². The van der Waals surface area contributed by atoms with Gasteiger partial charge in [-0.2, -0.15) is 5.26 Å². The van der Waals surface area contributed by atoms with E-state index in [0.717, 1.165) is 10.2 Å². The van der Waals surface area contributed by atoms with Gasteiger partial charge in [0, 0.05) is 39.1 Å². The minimum Gasteiger partial charge on any atom is -0.384 e. The van der Waals surface area contributed by atoms with Gasteiger partial charge in [0.25, 0.3) is 0 Å². The lowest BCUT2D eigenvalue weighted by Crippen LogP contribution is -2.52. The summed E-state index contributed by atoms with van der Waals surface area (Å²) in [5.41, 5.74) is 7.85. The van der Waals surface area contributed by atoms with Gasteiger partial charge in [-0.05, 0) is 42.2 Å². The van der Waals surface area contributed by atoms with E-state index in [4.69, 9.17) is 5.73 Å². The molecule has 160 valence electrons. The molecule has 2 aromatic rings. The second-order valence-electron chi connectivity index (χ2n) is 9.20. The van der Waals surface area contributed by atoms with Crippen molar-refractivity contribution in [3.63, 3.8) is 0 Å². The molecule has 0 fully saturated rings. The molecule has 2 aliphatic heterocycles. The number of fused-ring (bicyclic) bond motifs is 3. The van der Waals surface area contributed by atoms with Crippen molar-refractivity contribution in [2.45, 2.75) is 32.1 Å². The smallest absolute Gasteiger partial charge is 0.245 e. The van der Waals surface area contributed by atoms with E-state index in [2.05, 4.69) is 27.3 Å². The third-order valence-electron chi connectivity index (χ3n) is 6.49. The van der Waals surface area contributed by atoms with Gasteiger partial charge in [0.15, 0.2) is 5.78 Å². The van der Waals surface area contributed by atoms with Crippen LogP contribution in [0.1, 0.15) is 32.3 Å². The van der Waals surface area contributed by atoms with Crippen molar-refractivity contribution >= 4 is 39.0 Å². The van der Waals surface area contributed by atoms with E-state index in [0.29, 0.717) is 28.9 Å². The molecule has 7 heteroatoms. The minimum absolute atomic E-state index is 0.0784. The van der Waals surface area contributed by atoms with Gasteiger partial charge >= 0.3 is 0 Å². The molecule has 3 aliphatic rings. The second-order valence-corrected chi connectivity index (χ2v) is 10.1. The highest BCUT2D eigenvalue weighted by Gasteiger charge is 2.61. The zero-order chi connectivity index (χ0) is 22.8. The number of halogens is 1. The van der Waals surface area contributed by atoms with Gasteiger partial charge in [-0.15, -0.1) is 0 Å². The second kappa shape index (κ2) is 6.81. The van der Waals surface area contributed by atoms with Crippen molar-refractivity contribution in [3.05, 3.63) is 81.2 Å². The van der Waals surface area contributed by atoms with Crippen LogP contribution in [0, 0.1) is 16.7 Å². The number of nitrogens with one attached hydrogen (secondary N) is 1. The summed E-state index contributed by atoms with van der Waals surface area (Å²) in [5.74, 6) is -0.370. The maximum absolute atomic E-state index is 13.7. The van der Waals surface area contributed by atoms with Crippen LogP contribution in [-0.4, -0.2) is 11.7 Å². The first-order valence-corrected chi connectivity index (χ1v) is 11.1. The number of hydrogen-bond acceptors (Lipinski definition) is 5. The van der Waals surface area contributed by atoms with Crippen LogP contribution < -0.4 is 16.0 Å². The highest BCUT2D eigenvalue weighted by atomic mass is 79.9. The molecule has 2 aromatic carbocycles. The fraction of sp³-hybridized carbons (Fsp3) is 0.240. The molecule has 3 N–H and O–H groups in total. The Labute approximate surface area is 194 Å². The Kier molecular flexibility index (Phi) is 4.37. The summed E-state index contributed by atoms with van der Waals surface area (Å²) in [7, 11) is 0. The number of nitrogens with zero attached hydrogens (tertiary/aromatic N) is 2. The number of allylic oxidation sites excluding steroid dienone is 1. The average Bonchev–Trinajstić information content (AvgIpc) is 3.01. The monoisotopic (exact) mass is 488 g/mol. The molecule has 1 aliphatic carbocycles. The van der Waals surface area contributed by atoms with Crippen molar-refractivity contribution in [3.8, 4) is 6.07 Å². The van der Waals surface area contributed by atoms with Crippen LogP contribution >= 0.6 is 15.9 Å². The largest absolute Gasteiger partial charge is 0.384 e. The molecular formula is C25H21BrN4O2. The number of amides is 1. The van der Waals surface area contributed by atoms with Crippen LogP contribution in [0.5, 0.6) is 0 Å². The first kappa shape index (κ1) is 20.5. The highest BCUT2D eigenvalue weighted by Crippen LogP contribution is 2.56. The number of nitriles is 1. The van der Waals surface area contributed by atoms with Gasteiger partial charge in [-0.1, -0.05) is 48.0 Å². The number of hydrogen-bond donors (Lipinski definition) is 2. The predicted molar refractivity (Wildman–Crippen MR) is 125 cm³/mol. The van der Waals surface area contributed by atoms with E-state index in [1.165, 1.54) is 0 Å². The van der Waals surface area contributed by atoms with Gasteiger partial charge in [0.1, 0.15) is 17.3 Å². The fourth-order valence-electron chi connectivity index (χ4n) is 5.26. The molecule has 0 aromatic heterocycles. The quantitative estimate of drug-likeness (QED) is 0.615. The van der Waals surface area contributed by atoms with Gasteiger partial charge < -0.3 is 11.1 Å². The fourth-order valence-corrected chi connectivity index (χ4v) is 5.52. The molecular weight excluding hydrogens is 468 g/mol. The maximum atomic E-state index is 13.7. The van der Waals surface area contributed by atoms with Crippen LogP contribution in [0.4, 0.5) is 11.4 Å². The van der Waals surface area contributed by atoms with E-state index in [9.17, 15) is 14.9 Å². The zero-order valence-corrected chi connectivity index (χ0v) is 19.3. The molecule has 1 amide bonds. The Bertz CT molecular complexity index is 1300. The minimum atomic E-state index is -1.54. The van der Waals surface area contributed by atoms with Gasteiger partial charge in [0.2, 0.25) is 5.91 Å². The molecule has 5 rings (SSSR count). The number of carbonyl (C=O) groups is 2. The lowest BCUT2D eigenvalue weighted by Gasteiger charge is -2.46. The van der Waals surface area contributed by atoms with Crippen LogP contribution in [-0.2, 0) is 15.0 Å². The number of para-hydroxylation sites is 1. The molecule has 1 atom stereocenters. The van der Waals surface area contributed by atoms with Crippen molar-refractivity contribution in [2.24, 2.45) is 11.1 Å². The number of carbonyl (C=O) groups excluding carboxylic acids is 2. The normalized spacial score (nSPS) is 23.8. The van der Waals surface area contributed by atoms with Crippen molar-refractivity contribution in [2.75, 3.05) is 10.2 Å². The van der Waals surface area contributed by atoms with Crippen molar-refractivity contribution in [1.29, 1.82) is 5.26 Å². The third kappa shape index (κ3) is 2.63. The lowest BCUT2D eigenvalue weighted by atomic mass is 9.61. The average molecular weight is 489 g/mol. The SMILES string of the molecule is CC1(C)CC(=O)C2=C(C1)N(c1ccc(Br)cc1)C(N)=C(C#N)C21C(=O)Nc2ccccc21. The summed E-state index contributed by atoms with van der Waals surface area (Å²) in [4.78, 5) is 29.1. The number of nitrogens with two attached hydrogens (primary N) is 1. The molecule has 1 spiro atoms. The van der Waals surface area contributed by atoms with Gasteiger partial charge in [0.05, 0.1) is 5.57 Å². The predicted octanol–water partition coefficient (Wildman–Crippen LogP) is 4.50. The molecule has 32 heavy (non-hydrogen) atoms. The van der Waals surface area contributed by atoms with Crippen LogP contribution in [0.2, 0.25) is 0 Å². The highest BCUT2D eigenvalue weighted by molar-refractivity contribution is 9.10. The number of anilines is 2. The number of Topliss-reactive ketones (excluding diaryl/α,β-unsaturated/α-hetero) is 1. The molecule has 6 nitrogen and oxygen atoms in total. The van der Waals surface area contributed by atoms with E-state index >= 15 is 0 Å². The topological polar surface area (TPSA) is 99.2 Å². The third-order valence-corrected chi connectivity index (χ3v) is 7.01. The maximum Gasteiger partial charge on any atom is 0.245 e. The standard InChI is InChI=1S/C25H21BrN4O2/c1-24(2)11-19-21(20(31)12-24)25(16-5-3-4-6-18(16)29-23(25)32)17(13-27)22(28)30(19)15-9-7-14(26)8-10-15/h3-10H,11-12,28H2,1-2H3,(H,29,32). The van der Waals surface area contributed by atoms with E-state index in [-0.39, 0.29) is 29.0 Å². The summed E-state index contributed by atoms with van der Waals surface area (Å²) >= 11 is 3.45. The van der Waals surface area contributed by atoms with E-state index in [1.807, 2.05) is 50.2 Å². The first-order valence-electron chi connectivity index (χ1n) is 10.3. The Morgan fingerprint density at radius 3 is 2.47 bits per heavy atom. The van der Waals surface area contributed by atoms with Crippen LogP contribution in [0.25, 0.3) is 0 Å². The Hall–Kier alpha value is -3.37. The Morgan fingerprint density at radius 2 is 1.78 bits per heavy atom. The summed E-state index contributed by atoms with van der Waals surface area (Å²) in [5, 5.41) is 13.2. The number of benzene rings is 2. The Morgan fingerprint density at radius 1 is 1.09 bits per heavy atom. The molecule has 0 radical (unpaired) electrons. The van der Waals surface area contributed by atoms with Crippen LogP contribution in [0.15, 0.2) is 75.7 Å². The van der Waals surface area contributed by atoms with Crippen molar-refractivity contribution < 1.29 is 9.59 Å². The molecule has 2 heterocycles. The molecule has 0 saturated carbocycles. The lowest BCUT2D eigenvalue weighted by molar-refractivity contribution is -0.123. The van der Waals surface area contributed by atoms with Gasteiger partial charge in [-0.25, -0.2) is 0 Å². The number of ketones is 1. The summed E-state index contributed by atoms with van der Waals surface area (Å²) in [6.45, 7) is 4.06.